The molecule has 1 N–H and O–H groups in total. The van der Waals surface area contributed by atoms with E-state index in [-0.39, 0.29) is 31.1 Å². The second-order valence-electron chi connectivity index (χ2n) is 9.47. The molecule has 0 saturated carbocycles. The summed E-state index contributed by atoms with van der Waals surface area (Å²) in [6.07, 6.45) is 1.61. The first-order chi connectivity index (χ1) is 18.7. The number of ether oxygens (including phenoxy) is 1. The van der Waals surface area contributed by atoms with E-state index in [1.54, 1.807) is 55.5 Å². The number of hydrogen-bond donors (Lipinski definition) is 1. The number of nitrogens with one attached hydrogen (secondary N) is 1. The first-order valence-corrected chi connectivity index (χ1v) is 13.6. The SMILES string of the molecule is C=CCN1C(=O)NC(c2ccccc2Cl)C(C(=O)OCC)=C1CN1CCN(C(=O)c2ccc(Cl)cc2)C(C)C1. The van der Waals surface area contributed by atoms with Crippen molar-refractivity contribution in [3.05, 3.63) is 93.6 Å². The molecule has 2 unspecified atom stereocenters. The van der Waals surface area contributed by atoms with Crippen LogP contribution in [0.5, 0.6) is 0 Å². The highest BCUT2D eigenvalue weighted by Gasteiger charge is 2.40. The zero-order valence-corrected chi connectivity index (χ0v) is 23.5. The van der Waals surface area contributed by atoms with Crippen molar-refractivity contribution in [1.29, 1.82) is 0 Å². The van der Waals surface area contributed by atoms with Gasteiger partial charge >= 0.3 is 12.0 Å². The van der Waals surface area contributed by atoms with E-state index in [9.17, 15) is 14.4 Å². The number of rotatable bonds is 8. The van der Waals surface area contributed by atoms with Gasteiger partial charge in [0, 0.05) is 60.1 Å². The highest BCUT2D eigenvalue weighted by molar-refractivity contribution is 6.31. The van der Waals surface area contributed by atoms with E-state index in [1.165, 1.54) is 4.90 Å². The van der Waals surface area contributed by atoms with E-state index >= 15 is 0 Å². The number of nitrogens with zero attached hydrogens (tertiary/aromatic N) is 3. The molecule has 1 fully saturated rings. The summed E-state index contributed by atoms with van der Waals surface area (Å²) in [6, 6.07) is 12.7. The predicted octanol–water partition coefficient (Wildman–Crippen LogP) is 4.91. The molecular weight excluding hydrogens is 539 g/mol. The molecule has 2 aliphatic heterocycles. The second kappa shape index (κ2) is 12.7. The Hall–Kier alpha value is -3.33. The largest absolute Gasteiger partial charge is 0.463 e. The lowest BCUT2D eigenvalue weighted by atomic mass is 9.93. The quantitative estimate of drug-likeness (QED) is 0.360. The number of carbonyl (C=O) groups is 3. The van der Waals surface area contributed by atoms with Crippen LogP contribution in [-0.2, 0) is 9.53 Å². The summed E-state index contributed by atoms with van der Waals surface area (Å²) in [6.45, 7) is 9.84. The Bertz CT molecular complexity index is 1280. The van der Waals surface area contributed by atoms with Crippen molar-refractivity contribution in [2.24, 2.45) is 0 Å². The number of hydrogen-bond acceptors (Lipinski definition) is 5. The molecule has 2 heterocycles. The van der Waals surface area contributed by atoms with Crippen molar-refractivity contribution < 1.29 is 19.1 Å². The summed E-state index contributed by atoms with van der Waals surface area (Å²) in [5.74, 6) is -0.578. The number of halogens is 2. The molecule has 2 aromatic rings. The van der Waals surface area contributed by atoms with E-state index < -0.39 is 12.0 Å². The van der Waals surface area contributed by atoms with Gasteiger partial charge in [0.1, 0.15) is 0 Å². The smallest absolute Gasteiger partial charge is 0.338 e. The first kappa shape index (κ1) is 28.7. The molecule has 4 rings (SSSR count). The van der Waals surface area contributed by atoms with E-state index in [0.29, 0.717) is 58.6 Å². The van der Waals surface area contributed by atoms with Gasteiger partial charge in [-0.25, -0.2) is 9.59 Å². The molecule has 0 aliphatic carbocycles. The van der Waals surface area contributed by atoms with Gasteiger partial charge in [-0.3, -0.25) is 14.6 Å². The monoisotopic (exact) mass is 570 g/mol. The van der Waals surface area contributed by atoms with Gasteiger partial charge in [0.25, 0.3) is 5.91 Å². The van der Waals surface area contributed by atoms with Gasteiger partial charge in [0.15, 0.2) is 0 Å². The highest BCUT2D eigenvalue weighted by Crippen LogP contribution is 2.35. The van der Waals surface area contributed by atoms with Gasteiger partial charge in [-0.15, -0.1) is 6.58 Å². The summed E-state index contributed by atoms with van der Waals surface area (Å²) >= 11 is 12.5. The molecule has 10 heteroatoms. The number of carbonyl (C=O) groups excluding carboxylic acids is 3. The third kappa shape index (κ3) is 6.30. The number of piperazine rings is 1. The minimum Gasteiger partial charge on any atom is -0.463 e. The Morgan fingerprint density at radius 3 is 2.49 bits per heavy atom. The number of amides is 3. The molecule has 39 heavy (non-hydrogen) atoms. The van der Waals surface area contributed by atoms with Crippen LogP contribution < -0.4 is 5.32 Å². The summed E-state index contributed by atoms with van der Waals surface area (Å²) in [4.78, 5) is 45.3. The maximum absolute atomic E-state index is 13.4. The maximum Gasteiger partial charge on any atom is 0.338 e. The third-order valence-electron chi connectivity index (χ3n) is 6.90. The Morgan fingerprint density at radius 1 is 1.13 bits per heavy atom. The lowest BCUT2D eigenvalue weighted by molar-refractivity contribution is -0.139. The van der Waals surface area contributed by atoms with Crippen LogP contribution in [0.3, 0.4) is 0 Å². The first-order valence-electron chi connectivity index (χ1n) is 12.9. The maximum atomic E-state index is 13.4. The third-order valence-corrected chi connectivity index (χ3v) is 7.49. The van der Waals surface area contributed by atoms with Crippen molar-refractivity contribution in [1.82, 2.24) is 20.0 Å². The Balaban J connectivity index is 1.65. The summed E-state index contributed by atoms with van der Waals surface area (Å²) in [5, 5.41) is 3.94. The minimum atomic E-state index is -0.772. The van der Waals surface area contributed by atoms with Crippen molar-refractivity contribution in [2.45, 2.75) is 25.9 Å². The van der Waals surface area contributed by atoms with E-state index in [0.717, 1.165) is 0 Å². The Kier molecular flexibility index (Phi) is 9.32. The molecule has 2 aromatic carbocycles. The van der Waals surface area contributed by atoms with Crippen LogP contribution in [0.1, 0.15) is 35.8 Å². The zero-order valence-electron chi connectivity index (χ0n) is 22.0. The number of urea groups is 1. The van der Waals surface area contributed by atoms with Crippen molar-refractivity contribution >= 4 is 41.1 Å². The second-order valence-corrected chi connectivity index (χ2v) is 10.3. The van der Waals surface area contributed by atoms with Crippen molar-refractivity contribution in [2.75, 3.05) is 39.3 Å². The summed E-state index contributed by atoms with van der Waals surface area (Å²) < 4.78 is 5.46. The fourth-order valence-electron chi connectivity index (χ4n) is 5.04. The van der Waals surface area contributed by atoms with Gasteiger partial charge in [0.05, 0.1) is 18.2 Å². The normalized spacial score (nSPS) is 20.1. The van der Waals surface area contributed by atoms with Gasteiger partial charge in [-0.2, -0.15) is 0 Å². The van der Waals surface area contributed by atoms with Crippen LogP contribution in [0, 0.1) is 0 Å². The van der Waals surface area contributed by atoms with Crippen LogP contribution in [0.2, 0.25) is 10.0 Å². The van der Waals surface area contributed by atoms with Gasteiger partial charge < -0.3 is 15.0 Å². The lowest BCUT2D eigenvalue weighted by Crippen LogP contribution is -2.56. The van der Waals surface area contributed by atoms with Crippen molar-refractivity contribution in [3.63, 3.8) is 0 Å². The molecule has 0 spiro atoms. The molecule has 0 aromatic heterocycles. The van der Waals surface area contributed by atoms with Crippen LogP contribution in [0.15, 0.2) is 72.5 Å². The van der Waals surface area contributed by atoms with Gasteiger partial charge in [0.2, 0.25) is 0 Å². The van der Waals surface area contributed by atoms with Crippen LogP contribution in [0.25, 0.3) is 0 Å². The topological polar surface area (TPSA) is 82.2 Å². The summed E-state index contributed by atoms with van der Waals surface area (Å²) in [5.41, 5.74) is 2.05. The molecule has 2 atom stereocenters. The Morgan fingerprint density at radius 2 is 1.85 bits per heavy atom. The van der Waals surface area contributed by atoms with Crippen LogP contribution in [0.4, 0.5) is 4.79 Å². The average Bonchev–Trinajstić information content (AvgIpc) is 2.91. The van der Waals surface area contributed by atoms with Crippen molar-refractivity contribution in [3.8, 4) is 0 Å². The van der Waals surface area contributed by atoms with E-state index in [2.05, 4.69) is 16.8 Å². The standard InChI is InChI=1S/C29H32Cl2N4O4/c1-4-14-35-24(18-33-15-16-34(19(3)17-33)27(36)20-10-12-21(30)13-11-20)25(28(37)39-5-2)26(32-29(35)38)22-8-6-7-9-23(22)31/h4,6-13,19,26H,1,5,14-18H2,2-3H3,(H,32,38). The predicted molar refractivity (Wildman–Crippen MR) is 152 cm³/mol. The number of esters is 1. The molecule has 0 bridgehead atoms. The zero-order chi connectivity index (χ0) is 28.1. The molecule has 3 amide bonds. The minimum absolute atomic E-state index is 0.0608. The number of benzene rings is 2. The van der Waals surface area contributed by atoms with Gasteiger partial charge in [-0.05, 0) is 49.7 Å². The molecule has 0 radical (unpaired) electrons. The summed E-state index contributed by atoms with van der Waals surface area (Å²) in [7, 11) is 0. The average molecular weight is 572 g/mol. The Labute approximate surface area is 238 Å². The molecule has 206 valence electrons. The fraction of sp³-hybridized carbons (Fsp3) is 0.345. The molecule has 8 nitrogen and oxygen atoms in total. The van der Waals surface area contributed by atoms with Gasteiger partial charge in [-0.1, -0.05) is 47.5 Å². The van der Waals surface area contributed by atoms with Crippen LogP contribution >= 0.6 is 23.2 Å². The lowest BCUT2D eigenvalue weighted by Gasteiger charge is -2.43. The molecular formula is C29H32Cl2N4O4. The van der Waals surface area contributed by atoms with Crippen LogP contribution in [-0.4, -0.2) is 78.0 Å². The van der Waals surface area contributed by atoms with E-state index in [1.807, 2.05) is 17.9 Å². The molecule has 2 aliphatic rings. The van der Waals surface area contributed by atoms with E-state index in [4.69, 9.17) is 27.9 Å². The fourth-order valence-corrected chi connectivity index (χ4v) is 5.41. The highest BCUT2D eigenvalue weighted by atomic mass is 35.5. The molecule has 1 saturated heterocycles.